The summed E-state index contributed by atoms with van der Waals surface area (Å²) in [5.74, 6) is -2.97. The number of carboxylic acids is 2. The lowest BCUT2D eigenvalue weighted by Crippen LogP contribution is -2.11. The maximum absolute atomic E-state index is 12.0. The van der Waals surface area contributed by atoms with E-state index in [0.29, 0.717) is 16.1 Å². The zero-order valence-electron chi connectivity index (χ0n) is 14.0. The number of aliphatic carboxylic acids is 1. The van der Waals surface area contributed by atoms with Crippen LogP contribution in [0, 0.1) is 0 Å². The molecule has 0 fully saturated rings. The normalized spacial score (nSPS) is 10.5. The molecule has 0 spiro atoms. The third-order valence-electron chi connectivity index (χ3n) is 3.49. The molecule has 0 aliphatic heterocycles. The third kappa shape index (κ3) is 4.16. The molecule has 8 nitrogen and oxygen atoms in total. The zero-order chi connectivity index (χ0) is 20.3. The Hall–Kier alpha value is -3.30. The standard InChI is InChI=1S/C18H12ClNO7S/c19-13-14(27-8-12(21)22)16(18(24)25)28-15(13)9-3-5-10(6-4-9)20-17(23)11-2-1-7-26-11/h1-7H,8H2,(H,20,23)(H,21,22)(H,24,25). The highest BCUT2D eigenvalue weighted by Crippen LogP contribution is 2.45. The van der Waals surface area contributed by atoms with E-state index in [2.05, 4.69) is 5.32 Å². The first-order chi connectivity index (χ1) is 13.4. The summed E-state index contributed by atoms with van der Waals surface area (Å²) >= 11 is 7.10. The van der Waals surface area contributed by atoms with Crippen molar-refractivity contribution in [2.45, 2.75) is 0 Å². The summed E-state index contributed by atoms with van der Waals surface area (Å²) in [5.41, 5.74) is 1.08. The SMILES string of the molecule is O=C(O)COc1c(C(=O)O)sc(-c2ccc(NC(=O)c3ccco3)cc2)c1Cl. The van der Waals surface area contributed by atoms with Crippen molar-refractivity contribution in [1.82, 2.24) is 0 Å². The molecule has 144 valence electrons. The van der Waals surface area contributed by atoms with E-state index < -0.39 is 24.5 Å². The van der Waals surface area contributed by atoms with Gasteiger partial charge in [-0.3, -0.25) is 4.79 Å². The molecule has 28 heavy (non-hydrogen) atoms. The fourth-order valence-corrected chi connectivity index (χ4v) is 3.70. The maximum Gasteiger partial charge on any atom is 0.349 e. The predicted octanol–water partition coefficient (Wildman–Crippen LogP) is 4.08. The van der Waals surface area contributed by atoms with Gasteiger partial charge in [-0.1, -0.05) is 23.7 Å². The Labute approximate surface area is 166 Å². The lowest BCUT2D eigenvalue weighted by Gasteiger charge is -2.05. The quantitative estimate of drug-likeness (QED) is 0.524. The number of carbonyl (C=O) groups excluding carboxylic acids is 1. The summed E-state index contributed by atoms with van der Waals surface area (Å²) in [5, 5.41) is 20.7. The monoisotopic (exact) mass is 421 g/mol. The summed E-state index contributed by atoms with van der Waals surface area (Å²) in [6.45, 7) is -0.714. The molecule has 0 bridgehead atoms. The second kappa shape index (κ2) is 8.15. The van der Waals surface area contributed by atoms with Crippen LogP contribution in [0.3, 0.4) is 0 Å². The number of carbonyl (C=O) groups is 3. The second-order valence-electron chi connectivity index (χ2n) is 5.40. The van der Waals surface area contributed by atoms with Crippen molar-refractivity contribution in [3.8, 4) is 16.2 Å². The fraction of sp³-hybridized carbons (Fsp3) is 0.0556. The molecular weight excluding hydrogens is 410 g/mol. The van der Waals surface area contributed by atoms with Gasteiger partial charge in [-0.25, -0.2) is 9.59 Å². The molecule has 0 aliphatic carbocycles. The molecule has 1 amide bonds. The average molecular weight is 422 g/mol. The van der Waals surface area contributed by atoms with Crippen molar-refractivity contribution in [2.75, 3.05) is 11.9 Å². The highest BCUT2D eigenvalue weighted by molar-refractivity contribution is 7.18. The van der Waals surface area contributed by atoms with E-state index in [1.165, 1.54) is 12.3 Å². The number of furan rings is 1. The van der Waals surface area contributed by atoms with Crippen LogP contribution in [0.5, 0.6) is 5.75 Å². The van der Waals surface area contributed by atoms with E-state index in [-0.39, 0.29) is 21.4 Å². The summed E-state index contributed by atoms with van der Waals surface area (Å²) in [6.07, 6.45) is 1.39. The average Bonchev–Trinajstić information content (AvgIpc) is 3.29. The third-order valence-corrected chi connectivity index (χ3v) is 5.17. The van der Waals surface area contributed by atoms with Crippen LogP contribution in [0.1, 0.15) is 20.2 Å². The Morgan fingerprint density at radius 2 is 1.86 bits per heavy atom. The number of carboxylic acid groups (broad SMARTS) is 2. The largest absolute Gasteiger partial charge is 0.479 e. The van der Waals surface area contributed by atoms with Gasteiger partial charge in [0.15, 0.2) is 23.0 Å². The molecule has 0 saturated heterocycles. The molecule has 3 N–H and O–H groups in total. The number of thiophene rings is 1. The van der Waals surface area contributed by atoms with Crippen LogP contribution in [0.25, 0.3) is 10.4 Å². The van der Waals surface area contributed by atoms with Crippen molar-refractivity contribution in [2.24, 2.45) is 0 Å². The van der Waals surface area contributed by atoms with Crippen molar-refractivity contribution >= 4 is 46.5 Å². The number of halogens is 1. The number of rotatable bonds is 7. The molecule has 3 rings (SSSR count). The highest BCUT2D eigenvalue weighted by atomic mass is 35.5. The molecule has 0 radical (unpaired) electrons. The van der Waals surface area contributed by atoms with Crippen LogP contribution in [0.4, 0.5) is 5.69 Å². The number of nitrogens with one attached hydrogen (secondary N) is 1. The van der Waals surface area contributed by atoms with Gasteiger partial charge in [0.25, 0.3) is 5.91 Å². The molecule has 1 aromatic carbocycles. The Bertz CT molecular complexity index is 1030. The zero-order valence-corrected chi connectivity index (χ0v) is 15.5. The first kappa shape index (κ1) is 19.5. The van der Waals surface area contributed by atoms with E-state index in [4.69, 9.17) is 25.9 Å². The van der Waals surface area contributed by atoms with Gasteiger partial charge in [0.2, 0.25) is 0 Å². The summed E-state index contributed by atoms with van der Waals surface area (Å²) in [6, 6.07) is 9.64. The molecule has 0 unspecified atom stereocenters. The number of hydrogen-bond acceptors (Lipinski definition) is 6. The number of hydrogen-bond donors (Lipinski definition) is 3. The Morgan fingerprint density at radius 3 is 2.43 bits per heavy atom. The van der Waals surface area contributed by atoms with Crippen LogP contribution in [-0.2, 0) is 4.79 Å². The smallest absolute Gasteiger partial charge is 0.349 e. The van der Waals surface area contributed by atoms with Crippen molar-refractivity contribution < 1.29 is 33.8 Å². The minimum Gasteiger partial charge on any atom is -0.479 e. The summed E-state index contributed by atoms with van der Waals surface area (Å²) in [7, 11) is 0. The maximum atomic E-state index is 12.0. The Kier molecular flexibility index (Phi) is 5.67. The van der Waals surface area contributed by atoms with Gasteiger partial charge < -0.3 is 24.7 Å². The van der Waals surface area contributed by atoms with Crippen molar-refractivity contribution in [3.05, 3.63) is 58.3 Å². The van der Waals surface area contributed by atoms with E-state index in [9.17, 15) is 19.5 Å². The molecule has 2 heterocycles. The Morgan fingerprint density at radius 1 is 1.14 bits per heavy atom. The molecular formula is C18H12ClNO7S. The topological polar surface area (TPSA) is 126 Å². The molecule has 10 heteroatoms. The van der Waals surface area contributed by atoms with E-state index in [1.54, 1.807) is 30.3 Å². The Balaban J connectivity index is 1.85. The van der Waals surface area contributed by atoms with Gasteiger partial charge in [0, 0.05) is 5.69 Å². The highest BCUT2D eigenvalue weighted by Gasteiger charge is 2.24. The van der Waals surface area contributed by atoms with Gasteiger partial charge in [0.05, 0.1) is 11.1 Å². The van der Waals surface area contributed by atoms with Gasteiger partial charge >= 0.3 is 11.9 Å². The fourth-order valence-electron chi connectivity index (χ4n) is 2.29. The number of anilines is 1. The number of aromatic carboxylic acids is 1. The first-order valence-electron chi connectivity index (χ1n) is 7.72. The van der Waals surface area contributed by atoms with Crippen molar-refractivity contribution in [3.63, 3.8) is 0 Å². The number of benzene rings is 1. The minimum atomic E-state index is -1.28. The molecule has 0 aliphatic rings. The summed E-state index contributed by atoms with van der Waals surface area (Å²) in [4.78, 5) is 34.3. The minimum absolute atomic E-state index is 0.0102. The van der Waals surface area contributed by atoms with Crippen LogP contribution >= 0.6 is 22.9 Å². The lowest BCUT2D eigenvalue weighted by atomic mass is 10.1. The number of amides is 1. The van der Waals surface area contributed by atoms with Gasteiger partial charge in [-0.05, 0) is 29.8 Å². The molecule has 0 atom stereocenters. The van der Waals surface area contributed by atoms with Gasteiger partial charge in [0.1, 0.15) is 5.02 Å². The van der Waals surface area contributed by atoms with Gasteiger partial charge in [-0.15, -0.1) is 11.3 Å². The van der Waals surface area contributed by atoms with Crippen LogP contribution in [0.2, 0.25) is 5.02 Å². The van der Waals surface area contributed by atoms with Crippen LogP contribution in [-0.4, -0.2) is 34.7 Å². The lowest BCUT2D eigenvalue weighted by molar-refractivity contribution is -0.139. The van der Waals surface area contributed by atoms with Crippen LogP contribution < -0.4 is 10.1 Å². The molecule has 3 aromatic rings. The predicted molar refractivity (Wildman–Crippen MR) is 102 cm³/mol. The van der Waals surface area contributed by atoms with E-state index >= 15 is 0 Å². The summed E-state index contributed by atoms with van der Waals surface area (Å²) < 4.78 is 10.1. The molecule has 0 saturated carbocycles. The van der Waals surface area contributed by atoms with Gasteiger partial charge in [-0.2, -0.15) is 0 Å². The van der Waals surface area contributed by atoms with E-state index in [1.807, 2.05) is 0 Å². The van der Waals surface area contributed by atoms with Crippen LogP contribution in [0.15, 0.2) is 47.1 Å². The number of ether oxygens (including phenoxy) is 1. The van der Waals surface area contributed by atoms with Crippen molar-refractivity contribution in [1.29, 1.82) is 0 Å². The molecule has 2 aromatic heterocycles. The van der Waals surface area contributed by atoms with E-state index in [0.717, 1.165) is 11.3 Å². The second-order valence-corrected chi connectivity index (χ2v) is 6.80. The first-order valence-corrected chi connectivity index (χ1v) is 8.91.